The predicted octanol–water partition coefficient (Wildman–Crippen LogP) is 2.19. The topological polar surface area (TPSA) is 58.0 Å². The summed E-state index contributed by atoms with van der Waals surface area (Å²) in [5.41, 5.74) is 2.01. The molecule has 0 saturated carbocycles. The number of aromatic nitrogens is 2. The first-order chi connectivity index (χ1) is 8.28. The molecule has 4 nitrogen and oxygen atoms in total. The van der Waals surface area contributed by atoms with E-state index in [9.17, 15) is 0 Å². The molecule has 5 heteroatoms. The molecule has 0 saturated heterocycles. The van der Waals surface area contributed by atoms with Gasteiger partial charge in [-0.15, -0.1) is 0 Å². The number of hydrogen-bond acceptors (Lipinski definition) is 4. The lowest BCUT2D eigenvalue weighted by Crippen LogP contribution is -2.03. The molecular weight excluding hydrogens is 329 g/mol. The molecule has 0 aliphatic heterocycles. The third-order valence-electron chi connectivity index (χ3n) is 2.24. The molecule has 0 amide bonds. The summed E-state index contributed by atoms with van der Waals surface area (Å²) in [7, 11) is 0. The minimum atomic E-state index is 0.0634. The zero-order valence-corrected chi connectivity index (χ0v) is 11.3. The largest absolute Gasteiger partial charge is 0.392 e. The maximum atomic E-state index is 9.03. The standard InChI is InChI=1S/C12H12IN3O/c13-11-6-15-12(16-7-11)14-5-9-2-1-3-10(4-9)8-17/h1-4,6-7,17H,5,8H2,(H,14,15,16). The number of rotatable bonds is 4. The van der Waals surface area contributed by atoms with Crippen LogP contribution >= 0.6 is 22.6 Å². The Morgan fingerprint density at radius 3 is 2.59 bits per heavy atom. The van der Waals surface area contributed by atoms with Crippen molar-refractivity contribution in [1.29, 1.82) is 0 Å². The Morgan fingerprint density at radius 1 is 1.18 bits per heavy atom. The van der Waals surface area contributed by atoms with Crippen LogP contribution in [0, 0.1) is 3.57 Å². The molecule has 0 atom stereocenters. The van der Waals surface area contributed by atoms with Gasteiger partial charge in [0.25, 0.3) is 0 Å². The number of aliphatic hydroxyl groups is 1. The number of benzene rings is 1. The van der Waals surface area contributed by atoms with Gasteiger partial charge < -0.3 is 10.4 Å². The Balaban J connectivity index is 1.99. The van der Waals surface area contributed by atoms with Gasteiger partial charge in [-0.3, -0.25) is 0 Å². The highest BCUT2D eigenvalue weighted by atomic mass is 127. The van der Waals surface area contributed by atoms with Crippen LogP contribution < -0.4 is 5.32 Å². The zero-order valence-electron chi connectivity index (χ0n) is 9.10. The fourth-order valence-electron chi connectivity index (χ4n) is 1.42. The van der Waals surface area contributed by atoms with Gasteiger partial charge in [0.1, 0.15) is 0 Å². The van der Waals surface area contributed by atoms with Gasteiger partial charge >= 0.3 is 0 Å². The molecule has 0 spiro atoms. The number of hydrogen-bond donors (Lipinski definition) is 2. The summed E-state index contributed by atoms with van der Waals surface area (Å²) in [6.45, 7) is 0.711. The van der Waals surface area contributed by atoms with Crippen LogP contribution in [-0.4, -0.2) is 15.1 Å². The summed E-state index contributed by atoms with van der Waals surface area (Å²) < 4.78 is 1.01. The van der Waals surface area contributed by atoms with E-state index in [0.717, 1.165) is 14.7 Å². The highest BCUT2D eigenvalue weighted by Gasteiger charge is 1.98. The van der Waals surface area contributed by atoms with Gasteiger partial charge in [-0.1, -0.05) is 24.3 Å². The second-order valence-corrected chi connectivity index (χ2v) is 4.80. The van der Waals surface area contributed by atoms with E-state index in [1.807, 2.05) is 24.3 Å². The van der Waals surface area contributed by atoms with Gasteiger partial charge in [-0.2, -0.15) is 0 Å². The molecule has 0 aliphatic carbocycles. The predicted molar refractivity (Wildman–Crippen MR) is 74.4 cm³/mol. The van der Waals surface area contributed by atoms with Crippen molar-refractivity contribution in [2.24, 2.45) is 0 Å². The van der Waals surface area contributed by atoms with E-state index in [4.69, 9.17) is 5.11 Å². The van der Waals surface area contributed by atoms with Crippen molar-refractivity contribution in [3.63, 3.8) is 0 Å². The Hall–Kier alpha value is -1.21. The first kappa shape index (κ1) is 12.3. The van der Waals surface area contributed by atoms with Crippen molar-refractivity contribution in [2.75, 3.05) is 5.32 Å². The second-order valence-electron chi connectivity index (χ2n) is 3.56. The van der Waals surface area contributed by atoms with Crippen LogP contribution in [0.3, 0.4) is 0 Å². The van der Waals surface area contributed by atoms with Crippen LogP contribution in [-0.2, 0) is 13.2 Å². The monoisotopic (exact) mass is 341 g/mol. The average molecular weight is 341 g/mol. The fraction of sp³-hybridized carbons (Fsp3) is 0.167. The lowest BCUT2D eigenvalue weighted by Gasteiger charge is -2.05. The lowest BCUT2D eigenvalue weighted by atomic mass is 10.1. The fourth-order valence-corrected chi connectivity index (χ4v) is 1.70. The molecule has 0 aliphatic rings. The first-order valence-corrected chi connectivity index (χ1v) is 6.26. The van der Waals surface area contributed by atoms with Crippen molar-refractivity contribution in [3.8, 4) is 0 Å². The second kappa shape index (κ2) is 5.92. The third-order valence-corrected chi connectivity index (χ3v) is 2.80. The van der Waals surface area contributed by atoms with Crippen LogP contribution in [0.25, 0.3) is 0 Å². The molecule has 1 aromatic heterocycles. The summed E-state index contributed by atoms with van der Waals surface area (Å²) in [6, 6.07) is 7.78. The summed E-state index contributed by atoms with van der Waals surface area (Å²) in [6.07, 6.45) is 3.53. The Labute approximate surface area is 113 Å². The zero-order chi connectivity index (χ0) is 12.1. The van der Waals surface area contributed by atoms with E-state index in [1.165, 1.54) is 0 Å². The molecule has 2 aromatic rings. The Bertz CT molecular complexity index is 487. The van der Waals surface area contributed by atoms with Gasteiger partial charge in [-0.05, 0) is 33.7 Å². The smallest absolute Gasteiger partial charge is 0.222 e. The first-order valence-electron chi connectivity index (χ1n) is 5.18. The van der Waals surface area contributed by atoms with Gasteiger partial charge in [0.15, 0.2) is 0 Å². The third kappa shape index (κ3) is 3.64. The van der Waals surface area contributed by atoms with E-state index in [0.29, 0.717) is 12.5 Å². The van der Waals surface area contributed by atoms with Crippen LogP contribution in [0.5, 0.6) is 0 Å². The van der Waals surface area contributed by atoms with E-state index in [2.05, 4.69) is 37.9 Å². The molecule has 0 unspecified atom stereocenters. The normalized spacial score (nSPS) is 10.2. The molecule has 0 fully saturated rings. The van der Waals surface area contributed by atoms with Gasteiger partial charge in [0.2, 0.25) is 5.95 Å². The van der Waals surface area contributed by atoms with E-state index >= 15 is 0 Å². The molecular formula is C12H12IN3O. The maximum absolute atomic E-state index is 9.03. The molecule has 88 valence electrons. The molecule has 2 rings (SSSR count). The summed E-state index contributed by atoms with van der Waals surface area (Å²) in [5.74, 6) is 0.611. The van der Waals surface area contributed by atoms with E-state index in [1.54, 1.807) is 12.4 Å². The minimum Gasteiger partial charge on any atom is -0.392 e. The van der Waals surface area contributed by atoms with Crippen LogP contribution in [0.1, 0.15) is 11.1 Å². The van der Waals surface area contributed by atoms with Crippen LogP contribution in [0.2, 0.25) is 0 Å². The number of nitrogens with zero attached hydrogens (tertiary/aromatic N) is 2. The summed E-state index contributed by atoms with van der Waals surface area (Å²) >= 11 is 2.17. The Morgan fingerprint density at radius 2 is 1.88 bits per heavy atom. The molecule has 0 bridgehead atoms. The molecule has 2 N–H and O–H groups in total. The molecule has 1 aromatic carbocycles. The highest BCUT2D eigenvalue weighted by Crippen LogP contribution is 2.08. The average Bonchev–Trinajstić information content (AvgIpc) is 2.38. The number of anilines is 1. The van der Waals surface area contributed by atoms with Crippen molar-refractivity contribution < 1.29 is 5.11 Å². The Kier molecular flexibility index (Phi) is 4.27. The molecule has 1 heterocycles. The van der Waals surface area contributed by atoms with Crippen molar-refractivity contribution in [1.82, 2.24) is 9.97 Å². The van der Waals surface area contributed by atoms with Gasteiger partial charge in [0, 0.05) is 22.5 Å². The lowest BCUT2D eigenvalue weighted by molar-refractivity contribution is 0.281. The van der Waals surface area contributed by atoms with Crippen molar-refractivity contribution in [3.05, 3.63) is 51.4 Å². The summed E-state index contributed by atoms with van der Waals surface area (Å²) in [4.78, 5) is 8.31. The van der Waals surface area contributed by atoms with Crippen molar-refractivity contribution >= 4 is 28.5 Å². The van der Waals surface area contributed by atoms with E-state index in [-0.39, 0.29) is 6.61 Å². The van der Waals surface area contributed by atoms with Crippen molar-refractivity contribution in [2.45, 2.75) is 13.2 Å². The van der Waals surface area contributed by atoms with Crippen LogP contribution in [0.4, 0.5) is 5.95 Å². The highest BCUT2D eigenvalue weighted by molar-refractivity contribution is 14.1. The van der Waals surface area contributed by atoms with Gasteiger partial charge in [-0.25, -0.2) is 9.97 Å². The van der Waals surface area contributed by atoms with E-state index < -0.39 is 0 Å². The number of nitrogens with one attached hydrogen (secondary N) is 1. The summed E-state index contributed by atoms with van der Waals surface area (Å²) in [5, 5.41) is 12.2. The van der Waals surface area contributed by atoms with Crippen LogP contribution in [0.15, 0.2) is 36.7 Å². The molecule has 0 radical (unpaired) electrons. The molecule has 17 heavy (non-hydrogen) atoms. The maximum Gasteiger partial charge on any atom is 0.222 e. The van der Waals surface area contributed by atoms with Gasteiger partial charge in [0.05, 0.1) is 6.61 Å². The quantitative estimate of drug-likeness (QED) is 0.837. The number of halogens is 1. The SMILES string of the molecule is OCc1cccc(CNc2ncc(I)cn2)c1. The minimum absolute atomic E-state index is 0.0634. The number of aliphatic hydroxyl groups excluding tert-OH is 1.